The maximum Gasteiger partial charge on any atom is 0.445 e. The number of sulfonamides is 1. The molecule has 40 heavy (non-hydrogen) atoms. The van der Waals surface area contributed by atoms with Gasteiger partial charge in [-0.2, -0.15) is 8.42 Å². The van der Waals surface area contributed by atoms with Crippen LogP contribution in [0.25, 0.3) is 22.5 Å². The molecule has 0 saturated carbocycles. The summed E-state index contributed by atoms with van der Waals surface area (Å²) in [4.78, 5) is 29.4. The van der Waals surface area contributed by atoms with Gasteiger partial charge in [0.15, 0.2) is 11.4 Å². The predicted molar refractivity (Wildman–Crippen MR) is 160 cm³/mol. The summed E-state index contributed by atoms with van der Waals surface area (Å²) in [5, 5.41) is -0.788. The molecule has 11 heteroatoms. The zero-order valence-corrected chi connectivity index (χ0v) is 24.6. The molecule has 0 amide bonds. The Morgan fingerprint density at radius 2 is 1.80 bits per heavy atom. The first-order valence-corrected chi connectivity index (χ1v) is 15.6. The summed E-state index contributed by atoms with van der Waals surface area (Å²) in [6.07, 6.45) is 3.73. The van der Waals surface area contributed by atoms with Crippen LogP contribution in [0, 0.1) is 0 Å². The van der Waals surface area contributed by atoms with Gasteiger partial charge in [0, 0.05) is 22.5 Å². The number of unbranched alkanes of at least 4 members (excludes halogenated alkanes) is 1. The molecule has 210 valence electrons. The van der Waals surface area contributed by atoms with E-state index in [1.807, 2.05) is 74.5 Å². The molecule has 0 spiro atoms. The molecule has 0 saturated heterocycles. The lowest BCUT2D eigenvalue weighted by Crippen LogP contribution is -2.24. The van der Waals surface area contributed by atoms with Gasteiger partial charge in [-0.05, 0) is 30.0 Å². The van der Waals surface area contributed by atoms with Gasteiger partial charge < -0.3 is 9.30 Å². The average molecular weight is 600 g/mol. The van der Waals surface area contributed by atoms with E-state index in [-0.39, 0.29) is 17.5 Å². The number of aryl methyl sites for hydroxylation is 1. The average Bonchev–Trinajstić information content (AvgIpc) is 3.48. The molecule has 0 bridgehead atoms. The third kappa shape index (κ3) is 6.80. The molecule has 0 aliphatic carbocycles. The van der Waals surface area contributed by atoms with Crippen LogP contribution in [-0.2, 0) is 27.7 Å². The summed E-state index contributed by atoms with van der Waals surface area (Å²) in [6.45, 7) is 4.37. The lowest BCUT2D eigenvalue weighted by molar-refractivity contribution is 0.111. The number of nitrogens with one attached hydrogen (secondary N) is 1. The molecule has 0 unspecified atom stereocenters. The van der Waals surface area contributed by atoms with Crippen LogP contribution in [0.15, 0.2) is 60.7 Å². The van der Waals surface area contributed by atoms with Crippen LogP contribution in [0.4, 0.5) is 9.80 Å². The van der Waals surface area contributed by atoms with Gasteiger partial charge in [0.25, 0.3) is 0 Å². The molecular weight excluding hydrogens is 570 g/mol. The van der Waals surface area contributed by atoms with Crippen LogP contribution in [0.1, 0.15) is 54.0 Å². The van der Waals surface area contributed by atoms with Crippen molar-refractivity contribution in [2.24, 2.45) is 0 Å². The summed E-state index contributed by atoms with van der Waals surface area (Å²) in [5.74, 6) is 0.585. The number of carbonyl (C=O) groups is 2. The SMILES string of the molecule is CCCCOC(=O)S(=O)(=O)Nc1sc(CCC)cc1-c1ccc(Cn2c(-c3ccccc3)nc(Cl)c2C=O)cc1. The number of hydrogen-bond donors (Lipinski definition) is 1. The summed E-state index contributed by atoms with van der Waals surface area (Å²) in [7, 11) is -4.37. The van der Waals surface area contributed by atoms with E-state index in [1.54, 1.807) is 4.57 Å². The van der Waals surface area contributed by atoms with Crippen LogP contribution < -0.4 is 4.72 Å². The highest BCUT2D eigenvalue weighted by atomic mass is 35.5. The minimum atomic E-state index is -4.37. The minimum Gasteiger partial charge on any atom is -0.453 e. The monoisotopic (exact) mass is 599 g/mol. The minimum absolute atomic E-state index is 0.0516. The molecule has 1 N–H and O–H groups in total. The normalized spacial score (nSPS) is 11.4. The van der Waals surface area contributed by atoms with E-state index in [1.165, 1.54) is 11.3 Å². The van der Waals surface area contributed by atoms with E-state index in [4.69, 9.17) is 16.3 Å². The van der Waals surface area contributed by atoms with Crippen molar-refractivity contribution in [1.82, 2.24) is 9.55 Å². The van der Waals surface area contributed by atoms with Gasteiger partial charge in [0.05, 0.1) is 6.61 Å². The second-order valence-electron chi connectivity index (χ2n) is 9.14. The van der Waals surface area contributed by atoms with Crippen molar-refractivity contribution in [3.63, 3.8) is 0 Å². The number of nitrogens with zero attached hydrogens (tertiary/aromatic N) is 2. The van der Waals surface area contributed by atoms with Crippen LogP contribution in [-0.4, -0.2) is 36.2 Å². The second-order valence-corrected chi connectivity index (χ2v) is 12.2. The molecule has 2 aromatic carbocycles. The highest BCUT2D eigenvalue weighted by molar-refractivity contribution is 8.07. The van der Waals surface area contributed by atoms with Gasteiger partial charge in [0.2, 0.25) is 0 Å². The van der Waals surface area contributed by atoms with Crippen molar-refractivity contribution in [3.8, 4) is 22.5 Å². The van der Waals surface area contributed by atoms with E-state index in [9.17, 15) is 18.0 Å². The van der Waals surface area contributed by atoms with E-state index in [0.717, 1.165) is 40.8 Å². The van der Waals surface area contributed by atoms with Gasteiger partial charge >= 0.3 is 15.3 Å². The summed E-state index contributed by atoms with van der Waals surface area (Å²) in [5.41, 5.74) is 3.47. The Bertz CT molecular complexity index is 1580. The number of thiophene rings is 1. The maximum absolute atomic E-state index is 12.7. The first-order valence-electron chi connectivity index (χ1n) is 13.0. The molecule has 8 nitrogen and oxygen atoms in total. The Labute approximate surface area is 243 Å². The molecule has 2 heterocycles. The quantitative estimate of drug-likeness (QED) is 0.103. The zero-order valence-electron chi connectivity index (χ0n) is 22.2. The standard InChI is InChI=1S/C29H30ClN3O5S2/c1-3-5-16-38-29(35)40(36,37)32-28-24(17-23(39-28)9-4-2)21-14-12-20(13-15-21)18-33-25(19-34)26(30)31-27(33)22-10-7-6-8-11-22/h6-8,10-15,17,19,32H,3-5,9,16,18H2,1-2H3. The highest BCUT2D eigenvalue weighted by Gasteiger charge is 2.26. The van der Waals surface area contributed by atoms with Gasteiger partial charge in [0.1, 0.15) is 16.5 Å². The van der Waals surface area contributed by atoms with Crippen LogP contribution in [0.3, 0.4) is 0 Å². The van der Waals surface area contributed by atoms with E-state index >= 15 is 0 Å². The Kier molecular flexibility index (Phi) is 9.78. The van der Waals surface area contributed by atoms with Gasteiger partial charge in [-0.15, -0.1) is 11.3 Å². The lowest BCUT2D eigenvalue weighted by Gasteiger charge is -2.11. The van der Waals surface area contributed by atoms with Crippen molar-refractivity contribution < 1.29 is 22.7 Å². The largest absolute Gasteiger partial charge is 0.453 e. The fourth-order valence-corrected chi connectivity index (χ4v) is 6.56. The lowest BCUT2D eigenvalue weighted by atomic mass is 10.0. The number of ether oxygens (including phenoxy) is 1. The smallest absolute Gasteiger partial charge is 0.445 e. The topological polar surface area (TPSA) is 107 Å². The molecular formula is C29H30ClN3O5S2. The Morgan fingerprint density at radius 1 is 1.07 bits per heavy atom. The van der Waals surface area contributed by atoms with Crippen LogP contribution in [0.5, 0.6) is 0 Å². The summed E-state index contributed by atoms with van der Waals surface area (Å²) >= 11 is 7.58. The predicted octanol–water partition coefficient (Wildman–Crippen LogP) is 7.42. The first kappa shape index (κ1) is 29.5. The molecule has 0 fully saturated rings. The summed E-state index contributed by atoms with van der Waals surface area (Å²) in [6, 6.07) is 19.0. The number of benzene rings is 2. The van der Waals surface area contributed by atoms with Crippen molar-refractivity contribution >= 4 is 49.5 Å². The Hall–Kier alpha value is -3.47. The number of aldehydes is 1. The number of carbonyl (C=O) groups excluding carboxylic acids is 2. The number of hydrogen-bond acceptors (Lipinski definition) is 7. The third-order valence-corrected chi connectivity index (χ3v) is 8.70. The van der Waals surface area contributed by atoms with Crippen LogP contribution in [0.2, 0.25) is 5.15 Å². The maximum atomic E-state index is 12.7. The van der Waals surface area contributed by atoms with Crippen molar-refractivity contribution in [1.29, 1.82) is 0 Å². The number of anilines is 1. The summed E-state index contributed by atoms with van der Waals surface area (Å²) < 4.78 is 34.5. The zero-order chi connectivity index (χ0) is 28.7. The fraction of sp³-hybridized carbons (Fsp3) is 0.276. The molecule has 0 radical (unpaired) electrons. The van der Waals surface area contributed by atoms with Crippen molar-refractivity contribution in [3.05, 3.63) is 82.0 Å². The van der Waals surface area contributed by atoms with Gasteiger partial charge in [-0.3, -0.25) is 9.52 Å². The molecule has 0 atom stereocenters. The van der Waals surface area contributed by atoms with Crippen molar-refractivity contribution in [2.45, 2.75) is 46.1 Å². The van der Waals surface area contributed by atoms with Crippen LogP contribution >= 0.6 is 22.9 Å². The highest BCUT2D eigenvalue weighted by Crippen LogP contribution is 2.38. The Morgan fingerprint density at radius 3 is 2.45 bits per heavy atom. The number of imidazole rings is 1. The van der Waals surface area contributed by atoms with Gasteiger partial charge in [-0.1, -0.05) is 92.9 Å². The van der Waals surface area contributed by atoms with E-state index in [0.29, 0.717) is 35.6 Å². The van der Waals surface area contributed by atoms with Crippen molar-refractivity contribution in [2.75, 3.05) is 11.3 Å². The first-order chi connectivity index (χ1) is 19.3. The van der Waals surface area contributed by atoms with E-state index in [2.05, 4.69) is 9.71 Å². The number of rotatable bonds is 12. The molecule has 0 aliphatic rings. The molecule has 0 aliphatic heterocycles. The molecule has 4 rings (SSSR count). The second kappa shape index (κ2) is 13.3. The number of halogens is 1. The third-order valence-electron chi connectivity index (χ3n) is 6.15. The number of aromatic nitrogens is 2. The Balaban J connectivity index is 1.62. The molecule has 4 aromatic rings. The van der Waals surface area contributed by atoms with E-state index < -0.39 is 15.3 Å². The molecule has 2 aromatic heterocycles. The van der Waals surface area contributed by atoms with Gasteiger partial charge in [-0.25, -0.2) is 9.78 Å². The fourth-order valence-electron chi connectivity index (χ4n) is 4.13.